The van der Waals surface area contributed by atoms with E-state index < -0.39 is 17.8 Å². The number of carbonyl (C=O) groups is 1. The number of amides is 2. The molecule has 128 valence electrons. The summed E-state index contributed by atoms with van der Waals surface area (Å²) in [6, 6.07) is 3.73. The third-order valence-electron chi connectivity index (χ3n) is 2.84. The van der Waals surface area contributed by atoms with Gasteiger partial charge < -0.3 is 20.1 Å². The molecule has 0 spiro atoms. The molecule has 0 aliphatic carbocycles. The molecule has 24 heavy (non-hydrogen) atoms. The van der Waals surface area contributed by atoms with Crippen molar-refractivity contribution in [3.63, 3.8) is 0 Å². The first-order valence-electron chi connectivity index (χ1n) is 6.54. The second kappa shape index (κ2) is 7.02. The Morgan fingerprint density at radius 2 is 1.75 bits per heavy atom. The van der Waals surface area contributed by atoms with Crippen LogP contribution in [0.1, 0.15) is 5.56 Å². The van der Waals surface area contributed by atoms with E-state index in [1.807, 2.05) is 0 Å². The highest BCUT2D eigenvalue weighted by atomic mass is 19.4. The van der Waals surface area contributed by atoms with E-state index >= 15 is 0 Å². The van der Waals surface area contributed by atoms with Crippen LogP contribution < -0.4 is 20.1 Å². The molecule has 0 saturated carbocycles. The fourth-order valence-electron chi connectivity index (χ4n) is 1.81. The van der Waals surface area contributed by atoms with Gasteiger partial charge in [0, 0.05) is 0 Å². The Morgan fingerprint density at radius 1 is 1.08 bits per heavy atom. The highest BCUT2D eigenvalue weighted by Gasteiger charge is 2.33. The summed E-state index contributed by atoms with van der Waals surface area (Å²) in [7, 11) is 2.66. The van der Waals surface area contributed by atoms with Gasteiger partial charge in [0.1, 0.15) is 5.69 Å². The number of alkyl halides is 3. The van der Waals surface area contributed by atoms with E-state index in [0.717, 1.165) is 12.1 Å². The van der Waals surface area contributed by atoms with E-state index in [2.05, 4.69) is 20.6 Å². The van der Waals surface area contributed by atoms with Crippen LogP contribution in [0.25, 0.3) is 0 Å². The van der Waals surface area contributed by atoms with Gasteiger partial charge in [-0.2, -0.15) is 18.2 Å². The van der Waals surface area contributed by atoms with E-state index in [9.17, 15) is 18.0 Å². The van der Waals surface area contributed by atoms with Crippen LogP contribution in [-0.2, 0) is 6.18 Å². The summed E-state index contributed by atoms with van der Waals surface area (Å²) in [4.78, 5) is 19.6. The van der Waals surface area contributed by atoms with Gasteiger partial charge in [-0.05, 0) is 12.1 Å². The first-order valence-corrected chi connectivity index (χ1v) is 6.54. The minimum absolute atomic E-state index is 0.00102. The summed E-state index contributed by atoms with van der Waals surface area (Å²) in [5.41, 5.74) is -1.27. The number of halogens is 3. The van der Waals surface area contributed by atoms with Gasteiger partial charge in [0.2, 0.25) is 5.88 Å². The molecule has 1 heterocycles. The average Bonchev–Trinajstić information content (AvgIpc) is 2.54. The average molecular weight is 342 g/mol. The molecule has 0 saturated heterocycles. The quantitative estimate of drug-likeness (QED) is 0.891. The van der Waals surface area contributed by atoms with E-state index in [1.165, 1.54) is 32.5 Å². The first-order chi connectivity index (χ1) is 11.3. The molecule has 0 aliphatic rings. The predicted molar refractivity (Wildman–Crippen MR) is 79.2 cm³/mol. The standard InChI is InChI=1S/C14H13F3N4O3/c1-23-11-10(7-18-13(21-11)24-2)20-12(22)19-9-6-4-3-5-8(9)14(15,16)17/h3-7H,1-2H3,(H2,19,20,22). The van der Waals surface area contributed by atoms with Crippen molar-refractivity contribution in [2.75, 3.05) is 24.9 Å². The van der Waals surface area contributed by atoms with E-state index in [0.29, 0.717) is 0 Å². The molecule has 1 aromatic carbocycles. The van der Waals surface area contributed by atoms with E-state index in [-0.39, 0.29) is 23.3 Å². The van der Waals surface area contributed by atoms with Crippen molar-refractivity contribution in [3.8, 4) is 11.9 Å². The predicted octanol–water partition coefficient (Wildman–Crippen LogP) is 3.16. The number of ether oxygens (including phenoxy) is 2. The van der Waals surface area contributed by atoms with Crippen LogP contribution in [0.3, 0.4) is 0 Å². The number of hydrogen-bond donors (Lipinski definition) is 2. The number of benzene rings is 1. The summed E-state index contributed by atoms with van der Waals surface area (Å²) in [6.45, 7) is 0. The smallest absolute Gasteiger partial charge is 0.418 e. The maximum Gasteiger partial charge on any atom is 0.418 e. The van der Waals surface area contributed by atoms with Crippen LogP contribution in [0, 0.1) is 0 Å². The monoisotopic (exact) mass is 342 g/mol. The van der Waals surface area contributed by atoms with Crippen LogP contribution in [0.15, 0.2) is 30.5 Å². The molecule has 0 atom stereocenters. The van der Waals surface area contributed by atoms with Gasteiger partial charge in [0.15, 0.2) is 0 Å². The second-order valence-corrected chi connectivity index (χ2v) is 4.40. The summed E-state index contributed by atoms with van der Waals surface area (Å²) >= 11 is 0. The second-order valence-electron chi connectivity index (χ2n) is 4.40. The Kier molecular flexibility index (Phi) is 5.07. The minimum Gasteiger partial charge on any atom is -0.479 e. The molecule has 0 bridgehead atoms. The molecule has 1 aromatic heterocycles. The van der Waals surface area contributed by atoms with E-state index in [4.69, 9.17) is 9.47 Å². The molecule has 2 aromatic rings. The Labute approximate surface area is 134 Å². The number of hydrogen-bond acceptors (Lipinski definition) is 5. The molecular formula is C14H13F3N4O3. The Balaban J connectivity index is 2.18. The van der Waals surface area contributed by atoms with E-state index in [1.54, 1.807) is 0 Å². The highest BCUT2D eigenvalue weighted by Crippen LogP contribution is 2.34. The molecule has 0 aliphatic heterocycles. The Morgan fingerprint density at radius 3 is 2.38 bits per heavy atom. The molecule has 7 nitrogen and oxygen atoms in total. The number of urea groups is 1. The van der Waals surface area contributed by atoms with Crippen LogP contribution in [-0.4, -0.2) is 30.2 Å². The number of aromatic nitrogens is 2. The zero-order valence-electron chi connectivity index (χ0n) is 12.6. The number of anilines is 2. The van der Waals surface area contributed by atoms with Crippen molar-refractivity contribution in [1.82, 2.24) is 9.97 Å². The lowest BCUT2D eigenvalue weighted by Crippen LogP contribution is -2.22. The van der Waals surface area contributed by atoms with Gasteiger partial charge in [0.05, 0.1) is 31.7 Å². The molecule has 10 heteroatoms. The third-order valence-corrected chi connectivity index (χ3v) is 2.84. The first kappa shape index (κ1) is 17.3. The van der Waals surface area contributed by atoms with Gasteiger partial charge >= 0.3 is 18.2 Å². The SMILES string of the molecule is COc1ncc(NC(=O)Nc2ccccc2C(F)(F)F)c(OC)n1. The zero-order valence-corrected chi connectivity index (χ0v) is 12.6. The number of nitrogens with zero attached hydrogens (tertiary/aromatic N) is 2. The fraction of sp³-hybridized carbons (Fsp3) is 0.214. The topological polar surface area (TPSA) is 85.4 Å². The van der Waals surface area contributed by atoms with Gasteiger partial charge in [0.25, 0.3) is 0 Å². The van der Waals surface area contributed by atoms with Crippen molar-refractivity contribution >= 4 is 17.4 Å². The third kappa shape index (κ3) is 4.03. The lowest BCUT2D eigenvalue weighted by atomic mass is 10.1. The van der Waals surface area contributed by atoms with Gasteiger partial charge in [-0.25, -0.2) is 9.78 Å². The fourth-order valence-corrected chi connectivity index (χ4v) is 1.81. The van der Waals surface area contributed by atoms with Crippen molar-refractivity contribution in [3.05, 3.63) is 36.0 Å². The van der Waals surface area contributed by atoms with Crippen molar-refractivity contribution in [1.29, 1.82) is 0 Å². The largest absolute Gasteiger partial charge is 0.479 e. The Bertz CT molecular complexity index is 737. The maximum atomic E-state index is 12.9. The zero-order chi connectivity index (χ0) is 17.7. The number of rotatable bonds is 4. The summed E-state index contributed by atoms with van der Waals surface area (Å²) in [6.07, 6.45) is -3.38. The van der Waals surface area contributed by atoms with Gasteiger partial charge in [-0.3, -0.25) is 0 Å². The molecule has 0 radical (unpaired) electrons. The molecule has 0 unspecified atom stereocenters. The van der Waals surface area contributed by atoms with Crippen molar-refractivity contribution < 1.29 is 27.4 Å². The van der Waals surface area contributed by atoms with Crippen LogP contribution in [0.4, 0.5) is 29.3 Å². The van der Waals surface area contributed by atoms with Crippen LogP contribution in [0.2, 0.25) is 0 Å². The van der Waals surface area contributed by atoms with Gasteiger partial charge in [-0.1, -0.05) is 12.1 Å². The number of methoxy groups -OCH3 is 2. The molecule has 2 amide bonds. The molecule has 2 N–H and O–H groups in total. The highest BCUT2D eigenvalue weighted by molar-refractivity contribution is 6.00. The molecule has 2 rings (SSSR count). The summed E-state index contributed by atoms with van der Waals surface area (Å²) in [5.74, 6) is 0.00102. The van der Waals surface area contributed by atoms with Crippen molar-refractivity contribution in [2.24, 2.45) is 0 Å². The van der Waals surface area contributed by atoms with Crippen LogP contribution in [0.5, 0.6) is 11.9 Å². The number of carbonyl (C=O) groups excluding carboxylic acids is 1. The normalized spacial score (nSPS) is 10.9. The molecule has 0 fully saturated rings. The molecular weight excluding hydrogens is 329 g/mol. The lowest BCUT2D eigenvalue weighted by molar-refractivity contribution is -0.136. The lowest BCUT2D eigenvalue weighted by Gasteiger charge is -2.14. The number of para-hydroxylation sites is 1. The van der Waals surface area contributed by atoms with Gasteiger partial charge in [-0.15, -0.1) is 0 Å². The van der Waals surface area contributed by atoms with Crippen LogP contribution >= 0.6 is 0 Å². The summed E-state index contributed by atoms with van der Waals surface area (Å²) < 4.78 is 48.5. The Hall–Kier alpha value is -3.04. The summed E-state index contributed by atoms with van der Waals surface area (Å²) in [5, 5.41) is 4.45. The number of nitrogens with one attached hydrogen (secondary N) is 2. The maximum absolute atomic E-state index is 12.9. The van der Waals surface area contributed by atoms with Crippen molar-refractivity contribution in [2.45, 2.75) is 6.18 Å². The minimum atomic E-state index is -4.59.